The number of aromatic nitrogens is 4. The number of rotatable bonds is 19. The second-order valence-corrected chi connectivity index (χ2v) is 45.2. The van der Waals surface area contributed by atoms with E-state index in [2.05, 4.69) is 601 Å². The molecular weight excluding hydrogens is 1770 g/mol. The van der Waals surface area contributed by atoms with Gasteiger partial charge in [-0.15, -0.1) is 0 Å². The van der Waals surface area contributed by atoms with E-state index in [0.717, 1.165) is 28.1 Å². The molecular formula is C138H96N4Si2. The SMILES string of the molecule is c1ccc(-c2cc(-c3ccccc3)c(-n3c4ccccc4c4cc(-n5c6ccccc6c6cc(-c7cccc([Si](c8ccccc8)(c8ccccc8)c8ccccc8)c7)ccc65)ccc43)c(-c3ccccc3)c2)cc1.c1ccc(-c2cc(-c3ccccc3)c(-n3c4ccccc4c4cc(-n5c6ccccc6c6cc([Si](c7ccccc7)(c7ccccc7)c7ccccc7)ccc65)ccc43)c(-c3ccccc3)c2)cc1. The molecule has 0 amide bonds. The van der Waals surface area contributed by atoms with Crippen molar-refractivity contribution in [2.75, 3.05) is 0 Å². The Morgan fingerprint density at radius 2 is 0.326 bits per heavy atom. The smallest absolute Gasteiger partial charge is 0.179 e. The van der Waals surface area contributed by atoms with Crippen LogP contribution < -0.4 is 41.5 Å². The van der Waals surface area contributed by atoms with Gasteiger partial charge in [0.25, 0.3) is 0 Å². The quantitative estimate of drug-likeness (QED) is 0.0568. The van der Waals surface area contributed by atoms with E-state index in [1.54, 1.807) is 0 Å². The van der Waals surface area contributed by atoms with Crippen molar-refractivity contribution in [3.05, 3.63) is 582 Å². The van der Waals surface area contributed by atoms with Crippen LogP contribution in [0, 0.1) is 0 Å². The second-order valence-electron chi connectivity index (χ2n) is 37.6. The Labute approximate surface area is 839 Å². The molecule has 6 heteroatoms. The predicted molar refractivity (Wildman–Crippen MR) is 616 cm³/mol. The molecule has 0 unspecified atom stereocenters. The fourth-order valence-corrected chi connectivity index (χ4v) is 32.9. The molecule has 0 N–H and O–H groups in total. The van der Waals surface area contributed by atoms with Crippen LogP contribution in [0.25, 0.3) is 188 Å². The third-order valence-corrected chi connectivity index (χ3v) is 39.2. The Balaban J connectivity index is 0.000000147. The predicted octanol–water partition coefficient (Wildman–Crippen LogP) is 30.2. The van der Waals surface area contributed by atoms with E-state index in [4.69, 9.17) is 0 Å². The van der Waals surface area contributed by atoms with Crippen LogP contribution in [-0.4, -0.2) is 34.4 Å². The van der Waals surface area contributed by atoms with Crippen LogP contribution in [0.4, 0.5) is 0 Å². The van der Waals surface area contributed by atoms with E-state index < -0.39 is 16.1 Å². The maximum atomic E-state index is 2.52. The molecule has 0 aliphatic carbocycles. The molecule has 144 heavy (non-hydrogen) atoms. The minimum absolute atomic E-state index is 1.13. The number of hydrogen-bond donors (Lipinski definition) is 0. The first-order chi connectivity index (χ1) is 71.5. The fourth-order valence-electron chi connectivity index (χ4n) is 23.4. The lowest BCUT2D eigenvalue weighted by molar-refractivity contribution is 1.17. The van der Waals surface area contributed by atoms with Gasteiger partial charge in [0, 0.05) is 76.7 Å². The van der Waals surface area contributed by atoms with Gasteiger partial charge < -0.3 is 18.3 Å². The van der Waals surface area contributed by atoms with Crippen LogP contribution in [-0.2, 0) is 0 Å². The zero-order chi connectivity index (χ0) is 95.4. The van der Waals surface area contributed by atoms with Crippen molar-refractivity contribution < 1.29 is 0 Å². The number of nitrogens with zero attached hydrogens (tertiary/aromatic N) is 4. The highest BCUT2D eigenvalue weighted by molar-refractivity contribution is 7.20. The molecule has 0 radical (unpaired) electrons. The van der Waals surface area contributed by atoms with Crippen LogP contribution in [0.5, 0.6) is 0 Å². The summed E-state index contributed by atoms with van der Waals surface area (Å²) in [6.45, 7) is 0. The largest absolute Gasteiger partial charge is 0.309 e. The first-order valence-corrected chi connectivity index (χ1v) is 53.8. The minimum Gasteiger partial charge on any atom is -0.309 e. The average Bonchev–Trinajstić information content (AvgIpc) is 1.31. The minimum atomic E-state index is -2.76. The van der Waals surface area contributed by atoms with Crippen LogP contribution in [0.3, 0.4) is 0 Å². The molecule has 0 atom stereocenters. The Morgan fingerprint density at radius 1 is 0.111 bits per heavy atom. The summed E-state index contributed by atoms with van der Waals surface area (Å²) in [5.41, 5.74) is 30.6. The van der Waals surface area contributed by atoms with Crippen LogP contribution in [0.1, 0.15) is 0 Å². The first-order valence-electron chi connectivity index (χ1n) is 49.8. The van der Waals surface area contributed by atoms with E-state index in [9.17, 15) is 0 Å². The van der Waals surface area contributed by atoms with Gasteiger partial charge in [0.1, 0.15) is 0 Å². The summed E-state index contributed by atoms with van der Waals surface area (Å²) in [5.74, 6) is 0. The van der Waals surface area contributed by atoms with Crippen LogP contribution in [0.15, 0.2) is 582 Å². The standard InChI is InChI=1S/C72H50N2Si.C66H46N2Si/c1-7-24-51(25-8-1)56-48-64(52-26-9-2-10-27-52)72(65(49-56)53-28-11-3-12-29-53)74-69-41-22-20-39-63(69)67-50-57(43-45-71(67)74)73-68-40-21-19-38-62(68)66-47-55(42-44-70(66)73)54-30-23-37-61(46-54)75(58-31-13-4-14-32-58,59-33-15-5-16-34-59)60-35-17-6-18-36-60;1-7-23-47(24-8-1)50-43-58(48-25-9-2-10-26-48)66(59(44-50)49-27-11-3-12-28-49)68-63-38-22-20-35-56(63)60-45-51(39-41-65(60)68)67-62-37-21-19-36-57(62)61-46-55(40-42-64(61)67)69(52-29-13-4-14-30-52,53-31-15-5-16-32-53)54-33-17-6-18-34-54/h1-50H;1-46H. The monoisotopic (exact) mass is 1860 g/mol. The summed E-state index contributed by atoms with van der Waals surface area (Å²) in [4.78, 5) is 0. The Kier molecular flexibility index (Phi) is 22.0. The number of fused-ring (bicyclic) bond motifs is 12. The second kappa shape index (κ2) is 36.8. The van der Waals surface area contributed by atoms with Gasteiger partial charge in [-0.05, 0) is 200 Å². The zero-order valence-corrected chi connectivity index (χ0v) is 81.2. The van der Waals surface area contributed by atoms with Crippen molar-refractivity contribution in [1.82, 2.24) is 18.3 Å². The van der Waals surface area contributed by atoms with Crippen molar-refractivity contribution in [3.63, 3.8) is 0 Å². The lowest BCUT2D eigenvalue weighted by atomic mass is 9.90. The van der Waals surface area contributed by atoms with Crippen LogP contribution in [0.2, 0.25) is 0 Å². The van der Waals surface area contributed by atoms with Crippen molar-refractivity contribution in [1.29, 1.82) is 0 Å². The molecule has 0 saturated heterocycles. The summed E-state index contributed by atoms with van der Waals surface area (Å²) in [6, 6.07) is 216. The molecule has 4 nitrogen and oxygen atoms in total. The van der Waals surface area contributed by atoms with E-state index in [0.29, 0.717) is 0 Å². The van der Waals surface area contributed by atoms with E-state index in [1.807, 2.05) is 0 Å². The normalized spacial score (nSPS) is 11.8. The molecule has 0 bridgehead atoms. The summed E-state index contributed by atoms with van der Waals surface area (Å²) >= 11 is 0. The molecule has 27 rings (SSSR count). The van der Waals surface area contributed by atoms with Crippen molar-refractivity contribution in [2.24, 2.45) is 0 Å². The van der Waals surface area contributed by atoms with Gasteiger partial charge in [0.15, 0.2) is 16.1 Å². The van der Waals surface area contributed by atoms with Gasteiger partial charge in [-0.25, -0.2) is 0 Å². The van der Waals surface area contributed by atoms with Crippen LogP contribution >= 0.6 is 0 Å². The van der Waals surface area contributed by atoms with E-state index >= 15 is 0 Å². The maximum Gasteiger partial charge on any atom is 0.179 e. The molecule has 0 saturated carbocycles. The molecule has 0 aliphatic rings. The molecule has 676 valence electrons. The lowest BCUT2D eigenvalue weighted by Gasteiger charge is -2.34. The molecule has 4 heterocycles. The number of hydrogen-bond acceptors (Lipinski definition) is 0. The van der Waals surface area contributed by atoms with Crippen molar-refractivity contribution >= 4 is 145 Å². The fraction of sp³-hybridized carbons (Fsp3) is 0. The topological polar surface area (TPSA) is 19.7 Å². The molecule has 27 aromatic rings. The van der Waals surface area contributed by atoms with Gasteiger partial charge in [0.05, 0.1) is 55.5 Å². The Morgan fingerprint density at radius 3 is 0.646 bits per heavy atom. The first kappa shape index (κ1) is 86.1. The van der Waals surface area contributed by atoms with Crippen molar-refractivity contribution in [3.8, 4) is 101 Å². The zero-order valence-electron chi connectivity index (χ0n) is 79.2. The highest BCUT2D eigenvalue weighted by atomic mass is 28.3. The summed E-state index contributed by atoms with van der Waals surface area (Å²) in [7, 11) is -5.49. The van der Waals surface area contributed by atoms with Gasteiger partial charge >= 0.3 is 0 Å². The maximum absolute atomic E-state index is 2.76. The highest BCUT2D eigenvalue weighted by Crippen LogP contribution is 2.49. The summed E-state index contributed by atoms with van der Waals surface area (Å²) in [5, 5.41) is 20.7. The van der Waals surface area contributed by atoms with Crippen molar-refractivity contribution in [2.45, 2.75) is 0 Å². The summed E-state index contributed by atoms with van der Waals surface area (Å²) < 4.78 is 9.99. The lowest BCUT2D eigenvalue weighted by Crippen LogP contribution is -2.74. The third kappa shape index (κ3) is 14.7. The number of para-hydroxylation sites is 4. The Hall–Kier alpha value is -18.3. The molecule has 0 aliphatic heterocycles. The van der Waals surface area contributed by atoms with E-state index in [1.165, 1.54) is 201 Å². The molecule has 0 fully saturated rings. The highest BCUT2D eigenvalue weighted by Gasteiger charge is 2.44. The van der Waals surface area contributed by atoms with E-state index in [-0.39, 0.29) is 0 Å². The van der Waals surface area contributed by atoms with Gasteiger partial charge in [-0.2, -0.15) is 0 Å². The molecule has 4 aromatic heterocycles. The average molecular weight is 1870 g/mol. The van der Waals surface area contributed by atoms with Gasteiger partial charge in [-0.3, -0.25) is 0 Å². The van der Waals surface area contributed by atoms with Gasteiger partial charge in [0.2, 0.25) is 0 Å². The summed E-state index contributed by atoms with van der Waals surface area (Å²) in [6.07, 6.45) is 0. The Bertz CT molecular complexity index is 9130. The van der Waals surface area contributed by atoms with Gasteiger partial charge in [-0.1, -0.05) is 479 Å². The molecule has 0 spiro atoms. The third-order valence-electron chi connectivity index (χ3n) is 29.7. The molecule has 23 aromatic carbocycles. The number of benzene rings is 23.